The molecule has 0 saturated heterocycles. The molecule has 0 radical (unpaired) electrons. The molecular formula is C8H15NO2S. The summed E-state index contributed by atoms with van der Waals surface area (Å²) in [5, 5.41) is 8.61. The van der Waals surface area contributed by atoms with Crippen molar-refractivity contribution in [2.75, 3.05) is 18.1 Å². The maximum absolute atomic E-state index is 10.5. The van der Waals surface area contributed by atoms with Gasteiger partial charge in [-0.15, -0.1) is 0 Å². The van der Waals surface area contributed by atoms with Gasteiger partial charge in [-0.3, -0.25) is 4.79 Å². The zero-order valence-corrected chi connectivity index (χ0v) is 7.90. The minimum absolute atomic E-state index is 0.131. The van der Waals surface area contributed by atoms with Gasteiger partial charge in [0.25, 0.3) is 0 Å². The average molecular weight is 189 g/mol. The topological polar surface area (TPSA) is 63.3 Å². The lowest BCUT2D eigenvalue weighted by molar-refractivity contribution is -0.138. The standard InChI is InChI=1S/C8H15NO2S/c9-3-4-12-6-8(1-2-8)5-7(10)11/h1-6,9H2,(H,10,11). The average Bonchev–Trinajstić information content (AvgIpc) is 2.69. The molecule has 0 bridgehead atoms. The van der Waals surface area contributed by atoms with E-state index >= 15 is 0 Å². The summed E-state index contributed by atoms with van der Waals surface area (Å²) in [6, 6.07) is 0. The molecule has 3 nitrogen and oxygen atoms in total. The van der Waals surface area contributed by atoms with Crippen molar-refractivity contribution >= 4 is 17.7 Å². The van der Waals surface area contributed by atoms with Crippen LogP contribution in [0.25, 0.3) is 0 Å². The van der Waals surface area contributed by atoms with Crippen LogP contribution in [0.4, 0.5) is 0 Å². The molecule has 1 aliphatic rings. The first kappa shape index (κ1) is 9.86. The van der Waals surface area contributed by atoms with E-state index in [-0.39, 0.29) is 5.41 Å². The lowest BCUT2D eigenvalue weighted by Crippen LogP contribution is -2.12. The molecule has 0 amide bonds. The first-order valence-corrected chi connectivity index (χ1v) is 5.34. The number of rotatable bonds is 6. The van der Waals surface area contributed by atoms with Gasteiger partial charge in [0.15, 0.2) is 0 Å². The van der Waals surface area contributed by atoms with E-state index in [4.69, 9.17) is 10.8 Å². The lowest BCUT2D eigenvalue weighted by atomic mass is 10.1. The largest absolute Gasteiger partial charge is 0.481 e. The van der Waals surface area contributed by atoms with Gasteiger partial charge >= 0.3 is 5.97 Å². The quantitative estimate of drug-likeness (QED) is 0.610. The Kier molecular flexibility index (Phi) is 3.40. The Morgan fingerprint density at radius 2 is 2.25 bits per heavy atom. The minimum Gasteiger partial charge on any atom is -0.481 e. The Morgan fingerprint density at radius 1 is 1.58 bits per heavy atom. The Labute approximate surface area is 76.7 Å². The second-order valence-electron chi connectivity index (χ2n) is 3.41. The molecule has 1 rings (SSSR count). The van der Waals surface area contributed by atoms with E-state index in [9.17, 15) is 4.79 Å². The summed E-state index contributed by atoms with van der Waals surface area (Å²) in [6.45, 7) is 0.688. The van der Waals surface area contributed by atoms with E-state index in [0.717, 1.165) is 24.3 Å². The van der Waals surface area contributed by atoms with Gasteiger partial charge < -0.3 is 10.8 Å². The number of carboxylic acids is 1. The molecular weight excluding hydrogens is 174 g/mol. The molecule has 3 N–H and O–H groups in total. The fourth-order valence-electron chi connectivity index (χ4n) is 1.24. The fourth-order valence-corrected chi connectivity index (χ4v) is 2.38. The van der Waals surface area contributed by atoms with Crippen molar-refractivity contribution in [1.82, 2.24) is 0 Å². The van der Waals surface area contributed by atoms with Gasteiger partial charge in [-0.05, 0) is 24.0 Å². The second kappa shape index (κ2) is 4.14. The van der Waals surface area contributed by atoms with E-state index in [1.807, 2.05) is 0 Å². The van der Waals surface area contributed by atoms with E-state index < -0.39 is 5.97 Å². The molecule has 0 aromatic heterocycles. The van der Waals surface area contributed by atoms with Crippen LogP contribution in [0, 0.1) is 5.41 Å². The number of thioether (sulfide) groups is 1. The normalized spacial score (nSPS) is 19.1. The van der Waals surface area contributed by atoms with Crippen molar-refractivity contribution in [2.24, 2.45) is 11.1 Å². The highest BCUT2D eigenvalue weighted by molar-refractivity contribution is 7.99. The third-order valence-corrected chi connectivity index (χ3v) is 3.49. The fraction of sp³-hybridized carbons (Fsp3) is 0.875. The van der Waals surface area contributed by atoms with Crippen LogP contribution in [0.5, 0.6) is 0 Å². The summed E-state index contributed by atoms with van der Waals surface area (Å²) < 4.78 is 0. The van der Waals surface area contributed by atoms with Crippen molar-refractivity contribution in [3.8, 4) is 0 Å². The highest BCUT2D eigenvalue weighted by atomic mass is 32.2. The molecule has 0 spiro atoms. The number of hydrogen-bond donors (Lipinski definition) is 2. The Balaban J connectivity index is 2.16. The van der Waals surface area contributed by atoms with E-state index in [0.29, 0.717) is 13.0 Å². The van der Waals surface area contributed by atoms with Crippen LogP contribution >= 0.6 is 11.8 Å². The molecule has 4 heteroatoms. The first-order valence-electron chi connectivity index (χ1n) is 4.18. The molecule has 0 heterocycles. The number of aliphatic carboxylic acids is 1. The van der Waals surface area contributed by atoms with Gasteiger partial charge in [-0.1, -0.05) is 0 Å². The molecule has 0 aliphatic heterocycles. The van der Waals surface area contributed by atoms with E-state index in [1.54, 1.807) is 11.8 Å². The zero-order valence-electron chi connectivity index (χ0n) is 7.08. The summed E-state index contributed by atoms with van der Waals surface area (Å²) in [7, 11) is 0. The third kappa shape index (κ3) is 3.03. The van der Waals surface area contributed by atoms with Gasteiger partial charge in [-0.2, -0.15) is 11.8 Å². The zero-order chi connectivity index (χ0) is 9.03. The molecule has 1 saturated carbocycles. The van der Waals surface area contributed by atoms with E-state index in [2.05, 4.69) is 0 Å². The van der Waals surface area contributed by atoms with Gasteiger partial charge in [0, 0.05) is 12.3 Å². The van der Waals surface area contributed by atoms with Gasteiger partial charge in [0.2, 0.25) is 0 Å². The molecule has 70 valence electrons. The van der Waals surface area contributed by atoms with Crippen molar-refractivity contribution in [3.63, 3.8) is 0 Å². The summed E-state index contributed by atoms with van der Waals surface area (Å²) in [6.07, 6.45) is 2.50. The SMILES string of the molecule is NCCSCC1(CC(=O)O)CC1. The lowest BCUT2D eigenvalue weighted by Gasteiger charge is -2.10. The molecule has 12 heavy (non-hydrogen) atoms. The number of carboxylic acid groups (broad SMARTS) is 1. The predicted molar refractivity (Wildman–Crippen MR) is 50.3 cm³/mol. The molecule has 0 atom stereocenters. The maximum Gasteiger partial charge on any atom is 0.303 e. The Bertz CT molecular complexity index is 168. The van der Waals surface area contributed by atoms with Crippen molar-refractivity contribution < 1.29 is 9.90 Å². The highest BCUT2D eigenvalue weighted by Gasteiger charge is 2.43. The summed E-state index contributed by atoms with van der Waals surface area (Å²) in [5.74, 6) is 1.25. The van der Waals surface area contributed by atoms with Crippen LogP contribution in [0.3, 0.4) is 0 Å². The van der Waals surface area contributed by atoms with Crippen LogP contribution < -0.4 is 5.73 Å². The molecule has 1 fully saturated rings. The maximum atomic E-state index is 10.5. The van der Waals surface area contributed by atoms with Gasteiger partial charge in [-0.25, -0.2) is 0 Å². The number of nitrogens with two attached hydrogens (primary N) is 1. The summed E-state index contributed by atoms with van der Waals surface area (Å²) in [5.41, 5.74) is 5.47. The Hall–Kier alpha value is -0.220. The molecule has 0 aromatic carbocycles. The minimum atomic E-state index is -0.666. The van der Waals surface area contributed by atoms with E-state index in [1.165, 1.54) is 0 Å². The first-order chi connectivity index (χ1) is 5.68. The second-order valence-corrected chi connectivity index (χ2v) is 4.52. The van der Waals surface area contributed by atoms with Crippen LogP contribution in [-0.4, -0.2) is 29.1 Å². The van der Waals surface area contributed by atoms with Crippen LogP contribution in [0.2, 0.25) is 0 Å². The van der Waals surface area contributed by atoms with Gasteiger partial charge in [0.1, 0.15) is 0 Å². The molecule has 0 unspecified atom stereocenters. The van der Waals surface area contributed by atoms with Crippen molar-refractivity contribution in [2.45, 2.75) is 19.3 Å². The van der Waals surface area contributed by atoms with Crippen LogP contribution in [0.15, 0.2) is 0 Å². The summed E-state index contributed by atoms with van der Waals surface area (Å²) >= 11 is 1.78. The molecule has 1 aliphatic carbocycles. The van der Waals surface area contributed by atoms with Crippen molar-refractivity contribution in [3.05, 3.63) is 0 Å². The predicted octanol–water partition coefficient (Wildman–Crippen LogP) is 0.933. The number of hydrogen-bond acceptors (Lipinski definition) is 3. The summed E-state index contributed by atoms with van der Waals surface area (Å²) in [4.78, 5) is 10.5. The highest BCUT2D eigenvalue weighted by Crippen LogP contribution is 2.50. The van der Waals surface area contributed by atoms with Crippen LogP contribution in [0.1, 0.15) is 19.3 Å². The third-order valence-electron chi connectivity index (χ3n) is 2.15. The molecule has 0 aromatic rings. The van der Waals surface area contributed by atoms with Crippen LogP contribution in [-0.2, 0) is 4.79 Å². The Morgan fingerprint density at radius 3 is 2.67 bits per heavy atom. The van der Waals surface area contributed by atoms with Crippen molar-refractivity contribution in [1.29, 1.82) is 0 Å². The monoisotopic (exact) mass is 189 g/mol. The van der Waals surface area contributed by atoms with Gasteiger partial charge in [0.05, 0.1) is 6.42 Å². The number of carbonyl (C=O) groups is 1. The smallest absolute Gasteiger partial charge is 0.303 e.